The van der Waals surface area contributed by atoms with Gasteiger partial charge in [0.25, 0.3) is 0 Å². The Morgan fingerprint density at radius 3 is 2.60 bits per heavy atom. The van der Waals surface area contributed by atoms with Crippen molar-refractivity contribution in [2.45, 2.75) is 27.2 Å². The van der Waals surface area contributed by atoms with E-state index in [0.29, 0.717) is 0 Å². The summed E-state index contributed by atoms with van der Waals surface area (Å²) in [7, 11) is 2.03. The zero-order valence-electron chi connectivity index (χ0n) is 12.6. The molecule has 0 fully saturated rings. The van der Waals surface area contributed by atoms with Gasteiger partial charge in [-0.3, -0.25) is 0 Å². The van der Waals surface area contributed by atoms with Crippen molar-refractivity contribution in [3.8, 4) is 0 Å². The molecule has 0 spiro atoms. The Bertz CT molecular complexity index is 580. The van der Waals surface area contributed by atoms with Crippen molar-refractivity contribution in [2.75, 3.05) is 23.8 Å². The fourth-order valence-electron chi connectivity index (χ4n) is 2.05. The molecule has 106 valence electrons. The Labute approximate surface area is 120 Å². The van der Waals surface area contributed by atoms with Crippen molar-refractivity contribution in [1.29, 1.82) is 0 Å². The van der Waals surface area contributed by atoms with Crippen molar-refractivity contribution in [1.82, 2.24) is 9.97 Å². The standard InChI is InChI=1S/C16H22N4/c1-5-14-18-15(17-6-2)11-16(19-14)20(4)13-9-7-8-12(3)10-13/h7-11H,5-6H2,1-4H3,(H,17,18,19). The van der Waals surface area contributed by atoms with Gasteiger partial charge in [0.05, 0.1) is 0 Å². The summed E-state index contributed by atoms with van der Waals surface area (Å²) in [6, 6.07) is 10.4. The highest BCUT2D eigenvalue weighted by Gasteiger charge is 2.09. The number of aryl methyl sites for hydroxylation is 2. The molecule has 0 amide bonds. The van der Waals surface area contributed by atoms with Crippen LogP contribution in [0.2, 0.25) is 0 Å². The van der Waals surface area contributed by atoms with Gasteiger partial charge in [-0.1, -0.05) is 19.1 Å². The zero-order chi connectivity index (χ0) is 14.5. The van der Waals surface area contributed by atoms with Gasteiger partial charge in [0.15, 0.2) is 0 Å². The van der Waals surface area contributed by atoms with E-state index in [4.69, 9.17) is 0 Å². The second kappa shape index (κ2) is 6.37. The van der Waals surface area contributed by atoms with Crippen LogP contribution in [0.25, 0.3) is 0 Å². The maximum Gasteiger partial charge on any atom is 0.138 e. The molecule has 0 aliphatic carbocycles. The summed E-state index contributed by atoms with van der Waals surface area (Å²) in [5, 5.41) is 3.26. The number of rotatable bonds is 5. The second-order valence-corrected chi connectivity index (χ2v) is 4.81. The molecule has 1 aromatic carbocycles. The molecule has 0 aliphatic heterocycles. The van der Waals surface area contributed by atoms with Gasteiger partial charge in [0.1, 0.15) is 17.5 Å². The van der Waals surface area contributed by atoms with Crippen LogP contribution in [0.1, 0.15) is 25.2 Å². The van der Waals surface area contributed by atoms with Gasteiger partial charge in [-0.15, -0.1) is 0 Å². The summed E-state index contributed by atoms with van der Waals surface area (Å²) >= 11 is 0. The maximum absolute atomic E-state index is 4.61. The molecule has 0 atom stereocenters. The lowest BCUT2D eigenvalue weighted by Crippen LogP contribution is -2.14. The lowest BCUT2D eigenvalue weighted by Gasteiger charge is -2.20. The largest absolute Gasteiger partial charge is 0.370 e. The first-order valence-corrected chi connectivity index (χ1v) is 7.06. The van der Waals surface area contributed by atoms with Crippen molar-refractivity contribution in [2.24, 2.45) is 0 Å². The molecule has 0 saturated heterocycles. The normalized spacial score (nSPS) is 10.4. The van der Waals surface area contributed by atoms with Crippen LogP contribution in [0.5, 0.6) is 0 Å². The number of hydrogen-bond acceptors (Lipinski definition) is 4. The van der Waals surface area contributed by atoms with Crippen molar-refractivity contribution >= 4 is 17.3 Å². The molecular weight excluding hydrogens is 248 g/mol. The minimum atomic E-state index is 0.827. The summed E-state index contributed by atoms with van der Waals surface area (Å²) in [5.41, 5.74) is 2.37. The van der Waals surface area contributed by atoms with E-state index in [1.165, 1.54) is 5.56 Å². The molecule has 4 heteroatoms. The molecule has 1 aromatic heterocycles. The van der Waals surface area contributed by atoms with Crippen molar-refractivity contribution < 1.29 is 0 Å². The number of nitrogens with one attached hydrogen (secondary N) is 1. The number of benzene rings is 1. The zero-order valence-corrected chi connectivity index (χ0v) is 12.6. The molecule has 0 saturated carbocycles. The van der Waals surface area contributed by atoms with Gasteiger partial charge in [-0.25, -0.2) is 9.97 Å². The molecule has 2 rings (SSSR count). The molecule has 1 heterocycles. The van der Waals surface area contributed by atoms with Gasteiger partial charge in [-0.2, -0.15) is 0 Å². The van der Waals surface area contributed by atoms with Crippen molar-refractivity contribution in [3.63, 3.8) is 0 Å². The molecule has 2 aromatic rings. The van der Waals surface area contributed by atoms with Crippen LogP contribution in [0, 0.1) is 6.92 Å². The summed E-state index contributed by atoms with van der Waals surface area (Å²) < 4.78 is 0. The fraction of sp³-hybridized carbons (Fsp3) is 0.375. The van der Waals surface area contributed by atoms with Crippen LogP contribution in [0.4, 0.5) is 17.3 Å². The SMILES string of the molecule is CCNc1cc(N(C)c2cccc(C)c2)nc(CC)n1. The monoisotopic (exact) mass is 270 g/mol. The van der Waals surface area contributed by atoms with Crippen molar-refractivity contribution in [3.05, 3.63) is 41.7 Å². The Kier molecular flexibility index (Phi) is 4.56. The highest BCUT2D eigenvalue weighted by molar-refractivity contribution is 5.62. The first-order chi connectivity index (χ1) is 9.63. The third-order valence-electron chi connectivity index (χ3n) is 3.17. The van der Waals surface area contributed by atoms with Gasteiger partial charge < -0.3 is 10.2 Å². The molecule has 0 unspecified atom stereocenters. The van der Waals surface area contributed by atoms with Gasteiger partial charge in [0, 0.05) is 31.8 Å². The van der Waals surface area contributed by atoms with E-state index < -0.39 is 0 Å². The number of hydrogen-bond donors (Lipinski definition) is 1. The van der Waals surface area contributed by atoms with E-state index in [1.807, 2.05) is 13.1 Å². The van der Waals surface area contributed by atoms with E-state index in [9.17, 15) is 0 Å². The first-order valence-electron chi connectivity index (χ1n) is 7.06. The molecule has 4 nitrogen and oxygen atoms in total. The quantitative estimate of drug-likeness (QED) is 0.902. The second-order valence-electron chi connectivity index (χ2n) is 4.81. The minimum absolute atomic E-state index is 0.827. The molecule has 0 bridgehead atoms. The van der Waals surface area contributed by atoms with Crippen LogP contribution in [-0.4, -0.2) is 23.6 Å². The van der Waals surface area contributed by atoms with E-state index in [-0.39, 0.29) is 0 Å². The van der Waals surface area contributed by atoms with Gasteiger partial charge in [-0.05, 0) is 31.5 Å². The first kappa shape index (κ1) is 14.3. The Morgan fingerprint density at radius 1 is 1.15 bits per heavy atom. The van der Waals surface area contributed by atoms with E-state index in [2.05, 4.69) is 65.2 Å². The van der Waals surface area contributed by atoms with Crippen LogP contribution in [0.15, 0.2) is 30.3 Å². The van der Waals surface area contributed by atoms with Crippen LogP contribution in [-0.2, 0) is 6.42 Å². The number of aromatic nitrogens is 2. The molecule has 0 aliphatic rings. The summed E-state index contributed by atoms with van der Waals surface area (Å²) in [4.78, 5) is 11.2. The third kappa shape index (κ3) is 3.26. The lowest BCUT2D eigenvalue weighted by molar-refractivity contribution is 0.923. The van der Waals surface area contributed by atoms with E-state index in [1.54, 1.807) is 0 Å². The number of anilines is 3. The average Bonchev–Trinajstić information content (AvgIpc) is 2.46. The molecular formula is C16H22N4. The third-order valence-corrected chi connectivity index (χ3v) is 3.17. The van der Waals surface area contributed by atoms with E-state index in [0.717, 1.165) is 36.1 Å². The van der Waals surface area contributed by atoms with Crippen LogP contribution in [0.3, 0.4) is 0 Å². The molecule has 20 heavy (non-hydrogen) atoms. The predicted octanol–water partition coefficient (Wildman–Crippen LogP) is 3.55. The van der Waals surface area contributed by atoms with E-state index >= 15 is 0 Å². The summed E-state index contributed by atoms with van der Waals surface area (Å²) in [6.07, 6.45) is 0.827. The summed E-state index contributed by atoms with van der Waals surface area (Å²) in [5.74, 6) is 2.66. The average molecular weight is 270 g/mol. The minimum Gasteiger partial charge on any atom is -0.370 e. The Balaban J connectivity index is 2.37. The van der Waals surface area contributed by atoms with Gasteiger partial charge >= 0.3 is 0 Å². The number of nitrogens with zero attached hydrogens (tertiary/aromatic N) is 3. The topological polar surface area (TPSA) is 41.0 Å². The predicted molar refractivity (Wildman–Crippen MR) is 84.8 cm³/mol. The molecule has 0 radical (unpaired) electrons. The highest BCUT2D eigenvalue weighted by Crippen LogP contribution is 2.24. The Morgan fingerprint density at radius 2 is 1.95 bits per heavy atom. The smallest absolute Gasteiger partial charge is 0.138 e. The van der Waals surface area contributed by atoms with Gasteiger partial charge in [0.2, 0.25) is 0 Å². The summed E-state index contributed by atoms with van der Waals surface area (Å²) in [6.45, 7) is 7.09. The lowest BCUT2D eigenvalue weighted by atomic mass is 10.2. The maximum atomic E-state index is 4.61. The molecule has 1 N–H and O–H groups in total. The fourth-order valence-corrected chi connectivity index (χ4v) is 2.05. The van der Waals surface area contributed by atoms with Crippen LogP contribution >= 0.6 is 0 Å². The highest BCUT2D eigenvalue weighted by atomic mass is 15.2. The Hall–Kier alpha value is -2.10. The van der Waals surface area contributed by atoms with Crippen LogP contribution < -0.4 is 10.2 Å².